The van der Waals surface area contributed by atoms with Gasteiger partial charge in [0.25, 0.3) is 0 Å². The number of halogens is 1. The first kappa shape index (κ1) is 11.3. The molecular formula is C10H14IN3. The fourth-order valence-electron chi connectivity index (χ4n) is 1.31. The lowest BCUT2D eigenvalue weighted by atomic mass is 10.3. The van der Waals surface area contributed by atoms with Gasteiger partial charge in [-0.2, -0.15) is 5.10 Å². The third-order valence-corrected chi connectivity index (χ3v) is 3.42. The fraction of sp³-hybridized carbons (Fsp3) is 0.300. The van der Waals surface area contributed by atoms with Gasteiger partial charge in [0.1, 0.15) is 0 Å². The summed E-state index contributed by atoms with van der Waals surface area (Å²) in [5.74, 6) is 0.570. The van der Waals surface area contributed by atoms with Crippen molar-refractivity contribution in [3.8, 4) is 0 Å². The molecule has 0 aliphatic heterocycles. The summed E-state index contributed by atoms with van der Waals surface area (Å²) in [4.78, 5) is 0. The summed E-state index contributed by atoms with van der Waals surface area (Å²) < 4.78 is 2.89. The van der Waals surface area contributed by atoms with Gasteiger partial charge in [0, 0.05) is 15.8 Å². The average Bonchev–Trinajstić information content (AvgIpc) is 2.38. The molecule has 0 saturated heterocycles. The van der Waals surface area contributed by atoms with E-state index in [0.29, 0.717) is 5.82 Å². The number of hydrogen-bond acceptors (Lipinski definition) is 2. The quantitative estimate of drug-likeness (QED) is 0.784. The number of nitrogens with zero attached hydrogens (tertiary/aromatic N) is 2. The van der Waals surface area contributed by atoms with Crippen molar-refractivity contribution in [3.05, 3.63) is 22.7 Å². The molecule has 0 fully saturated rings. The Morgan fingerprint density at radius 1 is 1.64 bits per heavy atom. The van der Waals surface area contributed by atoms with Crippen LogP contribution >= 0.6 is 22.6 Å². The normalized spacial score (nSPS) is 14.4. The Labute approximate surface area is 97.1 Å². The third-order valence-electron chi connectivity index (χ3n) is 1.98. The molecule has 76 valence electrons. The van der Waals surface area contributed by atoms with Crippen LogP contribution < -0.4 is 16.3 Å². The Bertz CT molecular complexity index is 482. The summed E-state index contributed by atoms with van der Waals surface area (Å²) in [5.41, 5.74) is 6.81. The van der Waals surface area contributed by atoms with Gasteiger partial charge >= 0.3 is 0 Å². The van der Waals surface area contributed by atoms with E-state index in [0.717, 1.165) is 19.7 Å². The van der Waals surface area contributed by atoms with Gasteiger partial charge in [0.2, 0.25) is 0 Å². The maximum atomic E-state index is 5.78. The van der Waals surface area contributed by atoms with Gasteiger partial charge < -0.3 is 5.73 Å². The molecule has 0 spiro atoms. The number of aromatic nitrogens is 2. The zero-order valence-corrected chi connectivity index (χ0v) is 10.8. The highest BCUT2D eigenvalue weighted by atomic mass is 127. The Hall–Kier alpha value is -0.780. The number of nitrogen functional groups attached to an aromatic ring is 1. The van der Waals surface area contributed by atoms with E-state index in [1.165, 1.54) is 0 Å². The molecule has 0 saturated carbocycles. The number of rotatable bonds is 1. The van der Waals surface area contributed by atoms with Crippen molar-refractivity contribution >= 4 is 38.1 Å². The number of nitrogens with two attached hydrogens (primary N) is 1. The molecule has 0 aromatic carbocycles. The van der Waals surface area contributed by atoms with Crippen LogP contribution in [0.3, 0.4) is 0 Å². The molecule has 0 atom stereocenters. The van der Waals surface area contributed by atoms with Crippen LogP contribution in [-0.4, -0.2) is 9.78 Å². The maximum absolute atomic E-state index is 5.78. The van der Waals surface area contributed by atoms with E-state index in [1.807, 2.05) is 27.0 Å². The lowest BCUT2D eigenvalue weighted by molar-refractivity contribution is 0.746. The van der Waals surface area contributed by atoms with E-state index < -0.39 is 0 Å². The Balaban J connectivity index is 3.82. The van der Waals surface area contributed by atoms with Crippen LogP contribution in [0.1, 0.15) is 13.8 Å². The van der Waals surface area contributed by atoms with Crippen LogP contribution in [-0.2, 0) is 7.05 Å². The van der Waals surface area contributed by atoms with E-state index in [-0.39, 0.29) is 0 Å². The standard InChI is InChI=1S/C10H14IN3/c1-5-7-9(8(11)6(2)3)14(4)13-10(7)12/h5H,2H2,1,3-4H3,(H2,12,13)/b7-5+,9-8-. The average molecular weight is 303 g/mol. The van der Waals surface area contributed by atoms with Crippen LogP contribution in [0.5, 0.6) is 0 Å². The minimum absolute atomic E-state index is 0.570. The zero-order valence-electron chi connectivity index (χ0n) is 8.63. The van der Waals surface area contributed by atoms with Gasteiger partial charge in [-0.05, 0) is 42.0 Å². The summed E-state index contributed by atoms with van der Waals surface area (Å²) in [7, 11) is 1.89. The molecule has 3 nitrogen and oxygen atoms in total. The van der Waals surface area contributed by atoms with Crippen LogP contribution in [0.25, 0.3) is 9.66 Å². The number of anilines is 1. The number of aryl methyl sites for hydroxylation is 1. The van der Waals surface area contributed by atoms with Crippen molar-refractivity contribution in [1.29, 1.82) is 0 Å². The largest absolute Gasteiger partial charge is 0.382 e. The molecule has 1 heterocycles. The predicted octanol–water partition coefficient (Wildman–Crippen LogP) is 0.922. The molecule has 4 heteroatoms. The van der Waals surface area contributed by atoms with Gasteiger partial charge in [0.05, 0.1) is 5.35 Å². The maximum Gasteiger partial charge on any atom is 0.153 e. The molecule has 0 unspecified atom stereocenters. The molecule has 1 rings (SSSR count). The number of hydrogen-bond donors (Lipinski definition) is 1. The molecule has 1 aromatic rings. The Kier molecular flexibility index (Phi) is 3.36. The van der Waals surface area contributed by atoms with Gasteiger partial charge in [-0.15, -0.1) is 0 Å². The zero-order chi connectivity index (χ0) is 10.9. The van der Waals surface area contributed by atoms with Crippen LogP contribution in [0.2, 0.25) is 0 Å². The smallest absolute Gasteiger partial charge is 0.153 e. The van der Waals surface area contributed by atoms with E-state index in [1.54, 1.807) is 4.68 Å². The highest BCUT2D eigenvalue weighted by molar-refractivity contribution is 14.1. The van der Waals surface area contributed by atoms with Gasteiger partial charge in [0.15, 0.2) is 5.82 Å². The highest BCUT2D eigenvalue weighted by Crippen LogP contribution is 2.13. The summed E-state index contributed by atoms with van der Waals surface area (Å²) in [6, 6.07) is 0. The summed E-state index contributed by atoms with van der Waals surface area (Å²) in [5, 5.41) is 6.21. The molecular weight excluding hydrogens is 289 g/mol. The summed E-state index contributed by atoms with van der Waals surface area (Å²) in [6.07, 6.45) is 1.97. The van der Waals surface area contributed by atoms with E-state index in [4.69, 9.17) is 5.73 Å². The van der Waals surface area contributed by atoms with Crippen LogP contribution in [0.15, 0.2) is 12.2 Å². The topological polar surface area (TPSA) is 43.8 Å². The molecule has 1 aromatic heterocycles. The first-order valence-electron chi connectivity index (χ1n) is 4.29. The Morgan fingerprint density at radius 3 is 2.64 bits per heavy atom. The van der Waals surface area contributed by atoms with Crippen molar-refractivity contribution in [2.24, 2.45) is 7.05 Å². The molecule has 14 heavy (non-hydrogen) atoms. The Morgan fingerprint density at radius 2 is 2.21 bits per heavy atom. The van der Waals surface area contributed by atoms with Crippen LogP contribution in [0.4, 0.5) is 5.82 Å². The lowest BCUT2D eigenvalue weighted by Gasteiger charge is -1.96. The first-order chi connectivity index (χ1) is 6.49. The van der Waals surface area contributed by atoms with E-state index in [2.05, 4.69) is 34.3 Å². The first-order valence-corrected chi connectivity index (χ1v) is 5.37. The minimum atomic E-state index is 0.570. The highest BCUT2D eigenvalue weighted by Gasteiger charge is 2.04. The minimum Gasteiger partial charge on any atom is -0.382 e. The van der Waals surface area contributed by atoms with Crippen molar-refractivity contribution in [3.63, 3.8) is 0 Å². The van der Waals surface area contributed by atoms with E-state index in [9.17, 15) is 0 Å². The van der Waals surface area contributed by atoms with Crippen molar-refractivity contribution < 1.29 is 0 Å². The molecule has 0 aliphatic carbocycles. The molecule has 2 N–H and O–H groups in total. The van der Waals surface area contributed by atoms with Crippen LogP contribution in [0, 0.1) is 0 Å². The van der Waals surface area contributed by atoms with Gasteiger partial charge in [-0.3, -0.25) is 4.68 Å². The second kappa shape index (κ2) is 4.16. The third kappa shape index (κ3) is 1.84. The predicted molar refractivity (Wildman–Crippen MR) is 69.3 cm³/mol. The molecule has 0 radical (unpaired) electrons. The van der Waals surface area contributed by atoms with Crippen molar-refractivity contribution in [1.82, 2.24) is 9.78 Å². The lowest BCUT2D eigenvalue weighted by Crippen LogP contribution is -2.30. The van der Waals surface area contributed by atoms with Gasteiger partial charge in [-0.25, -0.2) is 0 Å². The molecule has 0 aliphatic rings. The molecule has 0 amide bonds. The van der Waals surface area contributed by atoms with Crippen molar-refractivity contribution in [2.45, 2.75) is 13.8 Å². The van der Waals surface area contributed by atoms with Gasteiger partial charge in [-0.1, -0.05) is 12.7 Å². The van der Waals surface area contributed by atoms with E-state index >= 15 is 0 Å². The second-order valence-corrected chi connectivity index (χ2v) is 4.23. The fourth-order valence-corrected chi connectivity index (χ4v) is 1.95. The SMILES string of the molecule is C=C(C)/C(I)=c1\c(=C/C)c(N)nn1C. The summed E-state index contributed by atoms with van der Waals surface area (Å²) >= 11 is 2.27. The monoisotopic (exact) mass is 303 g/mol. The molecule has 0 bridgehead atoms. The summed E-state index contributed by atoms with van der Waals surface area (Å²) in [6.45, 7) is 7.85. The second-order valence-electron chi connectivity index (χ2n) is 3.15. The van der Waals surface area contributed by atoms with Crippen molar-refractivity contribution in [2.75, 3.05) is 5.73 Å². The number of allylic oxidation sites excluding steroid dienone is 1.